The highest BCUT2D eigenvalue weighted by molar-refractivity contribution is 5.20. The molecular formula is C12H16NO. The van der Waals surface area contributed by atoms with Crippen molar-refractivity contribution >= 4 is 0 Å². The zero-order valence-electron chi connectivity index (χ0n) is 8.57. The summed E-state index contributed by atoms with van der Waals surface area (Å²) in [4.78, 5) is 2.37. The molecule has 75 valence electrons. The predicted octanol–water partition coefficient (Wildman–Crippen LogP) is 1.96. The molecule has 0 amide bonds. The lowest BCUT2D eigenvalue weighted by molar-refractivity contribution is 0.198. The Morgan fingerprint density at radius 2 is 2.29 bits per heavy atom. The van der Waals surface area contributed by atoms with Crippen molar-refractivity contribution in [1.29, 1.82) is 0 Å². The first-order valence-electron chi connectivity index (χ1n) is 5.15. The van der Waals surface area contributed by atoms with Crippen LogP contribution in [0.5, 0.6) is 5.75 Å². The average molecular weight is 190 g/mol. The molecule has 0 spiro atoms. The van der Waals surface area contributed by atoms with E-state index in [4.69, 9.17) is 4.74 Å². The zero-order valence-corrected chi connectivity index (χ0v) is 8.57. The largest absolute Gasteiger partial charge is 0.492 e. The molecule has 1 fully saturated rings. The molecule has 1 heterocycles. The summed E-state index contributed by atoms with van der Waals surface area (Å²) in [5, 5.41) is 0. The topological polar surface area (TPSA) is 12.5 Å². The third kappa shape index (κ3) is 2.26. The van der Waals surface area contributed by atoms with Crippen molar-refractivity contribution in [3.63, 3.8) is 0 Å². The van der Waals surface area contributed by atoms with Gasteiger partial charge in [-0.05, 0) is 44.6 Å². The summed E-state index contributed by atoms with van der Waals surface area (Å²) < 4.78 is 5.70. The third-order valence-corrected chi connectivity index (χ3v) is 2.80. The zero-order chi connectivity index (χ0) is 9.80. The Morgan fingerprint density at radius 1 is 1.50 bits per heavy atom. The summed E-state index contributed by atoms with van der Waals surface area (Å²) in [5.74, 6) is 0.948. The molecule has 0 aliphatic carbocycles. The number of ether oxygens (including phenoxy) is 1. The summed E-state index contributed by atoms with van der Waals surface area (Å²) in [6, 6.07) is 11.2. The minimum atomic E-state index is 0.596. The van der Waals surface area contributed by atoms with Gasteiger partial charge < -0.3 is 9.64 Å². The smallest absolute Gasteiger partial charge is 0.119 e. The van der Waals surface area contributed by atoms with E-state index in [9.17, 15) is 0 Å². The van der Waals surface area contributed by atoms with Crippen molar-refractivity contribution in [2.45, 2.75) is 18.9 Å². The molecule has 1 aromatic carbocycles. The van der Waals surface area contributed by atoms with Gasteiger partial charge in [0.1, 0.15) is 12.4 Å². The standard InChI is InChI=1S/C12H16NO/c1-13-9-5-6-11(13)10-14-12-7-3-2-4-8-12/h3-4,7-8,11H,5-6,9-10H2,1H3. The lowest BCUT2D eigenvalue weighted by Gasteiger charge is -2.19. The van der Waals surface area contributed by atoms with Crippen molar-refractivity contribution in [3.8, 4) is 5.75 Å². The van der Waals surface area contributed by atoms with Crippen LogP contribution in [-0.4, -0.2) is 31.1 Å². The Bertz CT molecular complexity index is 273. The number of nitrogens with zero attached hydrogens (tertiary/aromatic N) is 1. The van der Waals surface area contributed by atoms with E-state index >= 15 is 0 Å². The maximum atomic E-state index is 5.70. The Kier molecular flexibility index (Phi) is 3.04. The Hall–Kier alpha value is -1.02. The van der Waals surface area contributed by atoms with Crippen LogP contribution in [0.3, 0.4) is 0 Å². The summed E-state index contributed by atoms with van der Waals surface area (Å²) in [5.41, 5.74) is 0. The molecule has 1 aromatic rings. The molecule has 2 heteroatoms. The van der Waals surface area contributed by atoms with E-state index in [-0.39, 0.29) is 0 Å². The van der Waals surface area contributed by atoms with Crippen LogP contribution >= 0.6 is 0 Å². The fourth-order valence-electron chi connectivity index (χ4n) is 1.85. The van der Waals surface area contributed by atoms with Crippen molar-refractivity contribution in [3.05, 3.63) is 30.3 Å². The molecule has 0 N–H and O–H groups in total. The molecule has 14 heavy (non-hydrogen) atoms. The molecule has 1 atom stereocenters. The highest BCUT2D eigenvalue weighted by Gasteiger charge is 2.20. The number of hydrogen-bond donors (Lipinski definition) is 0. The number of benzene rings is 1. The highest BCUT2D eigenvalue weighted by Crippen LogP contribution is 2.16. The van der Waals surface area contributed by atoms with Crippen LogP contribution in [0.25, 0.3) is 0 Å². The number of likely N-dealkylation sites (N-methyl/N-ethyl adjacent to an activating group) is 1. The van der Waals surface area contributed by atoms with E-state index in [0.717, 1.165) is 12.4 Å². The summed E-state index contributed by atoms with van der Waals surface area (Å²) >= 11 is 0. The van der Waals surface area contributed by atoms with Crippen LogP contribution < -0.4 is 4.74 Å². The van der Waals surface area contributed by atoms with Gasteiger partial charge in [0, 0.05) is 6.04 Å². The maximum Gasteiger partial charge on any atom is 0.119 e. The molecule has 1 saturated heterocycles. The summed E-state index contributed by atoms with van der Waals surface area (Å²) in [7, 11) is 2.17. The summed E-state index contributed by atoms with van der Waals surface area (Å²) in [6.45, 7) is 2.01. The molecule has 1 aliphatic rings. The second kappa shape index (κ2) is 4.47. The predicted molar refractivity (Wildman–Crippen MR) is 56.4 cm³/mol. The van der Waals surface area contributed by atoms with Gasteiger partial charge >= 0.3 is 0 Å². The molecule has 0 saturated carbocycles. The Labute approximate surface area is 85.5 Å². The van der Waals surface area contributed by atoms with Crippen molar-refractivity contribution in [2.24, 2.45) is 0 Å². The maximum absolute atomic E-state index is 5.70. The Morgan fingerprint density at radius 3 is 2.93 bits per heavy atom. The summed E-state index contributed by atoms with van der Waals surface area (Å²) in [6.07, 6.45) is 2.56. The van der Waals surface area contributed by atoms with Crippen LogP contribution in [0.1, 0.15) is 12.8 Å². The van der Waals surface area contributed by atoms with E-state index in [0.29, 0.717) is 6.04 Å². The van der Waals surface area contributed by atoms with E-state index in [1.54, 1.807) is 0 Å². The van der Waals surface area contributed by atoms with Crippen LogP contribution in [0.2, 0.25) is 0 Å². The number of likely N-dealkylation sites (tertiary alicyclic amines) is 1. The molecule has 1 radical (unpaired) electrons. The minimum Gasteiger partial charge on any atom is -0.492 e. The first kappa shape index (κ1) is 9.53. The second-order valence-electron chi connectivity index (χ2n) is 3.82. The molecule has 1 unspecified atom stereocenters. The van der Waals surface area contributed by atoms with Gasteiger partial charge in [-0.3, -0.25) is 0 Å². The fourth-order valence-corrected chi connectivity index (χ4v) is 1.85. The van der Waals surface area contributed by atoms with Crippen LogP contribution in [0, 0.1) is 6.07 Å². The average Bonchev–Trinajstić information content (AvgIpc) is 2.63. The van der Waals surface area contributed by atoms with Crippen molar-refractivity contribution in [2.75, 3.05) is 20.2 Å². The van der Waals surface area contributed by atoms with E-state index in [1.807, 2.05) is 24.3 Å². The quantitative estimate of drug-likeness (QED) is 0.722. The van der Waals surface area contributed by atoms with Crippen LogP contribution in [0.15, 0.2) is 24.3 Å². The first-order chi connectivity index (χ1) is 6.86. The van der Waals surface area contributed by atoms with Crippen LogP contribution in [-0.2, 0) is 0 Å². The van der Waals surface area contributed by atoms with Gasteiger partial charge in [-0.25, -0.2) is 0 Å². The number of rotatable bonds is 3. The first-order valence-corrected chi connectivity index (χ1v) is 5.15. The Balaban J connectivity index is 1.82. The van der Waals surface area contributed by atoms with E-state index in [2.05, 4.69) is 18.0 Å². The third-order valence-electron chi connectivity index (χ3n) is 2.80. The van der Waals surface area contributed by atoms with Gasteiger partial charge in [-0.2, -0.15) is 0 Å². The normalized spacial score (nSPS) is 22.5. The van der Waals surface area contributed by atoms with Crippen LogP contribution in [0.4, 0.5) is 0 Å². The van der Waals surface area contributed by atoms with Gasteiger partial charge in [0.2, 0.25) is 0 Å². The van der Waals surface area contributed by atoms with Crippen molar-refractivity contribution < 1.29 is 4.74 Å². The molecule has 2 rings (SSSR count). The van der Waals surface area contributed by atoms with Gasteiger partial charge in [-0.15, -0.1) is 0 Å². The van der Waals surface area contributed by atoms with Gasteiger partial charge in [0.05, 0.1) is 0 Å². The van der Waals surface area contributed by atoms with E-state index in [1.165, 1.54) is 19.4 Å². The molecule has 2 nitrogen and oxygen atoms in total. The highest BCUT2D eigenvalue weighted by atomic mass is 16.5. The molecular weight excluding hydrogens is 174 g/mol. The second-order valence-corrected chi connectivity index (χ2v) is 3.82. The van der Waals surface area contributed by atoms with E-state index < -0.39 is 0 Å². The monoisotopic (exact) mass is 190 g/mol. The lowest BCUT2D eigenvalue weighted by atomic mass is 10.2. The van der Waals surface area contributed by atoms with Gasteiger partial charge in [-0.1, -0.05) is 12.1 Å². The molecule has 1 aliphatic heterocycles. The SMILES string of the molecule is CN1CCCC1COc1cc[c]cc1. The lowest BCUT2D eigenvalue weighted by Crippen LogP contribution is -2.30. The minimum absolute atomic E-state index is 0.596. The molecule has 0 bridgehead atoms. The van der Waals surface area contributed by atoms with Gasteiger partial charge in [0.25, 0.3) is 0 Å². The van der Waals surface area contributed by atoms with Crippen molar-refractivity contribution in [1.82, 2.24) is 4.90 Å². The molecule has 0 aromatic heterocycles. The number of hydrogen-bond acceptors (Lipinski definition) is 2. The fraction of sp³-hybridized carbons (Fsp3) is 0.500. The van der Waals surface area contributed by atoms with Gasteiger partial charge in [0.15, 0.2) is 0 Å².